The van der Waals surface area contributed by atoms with E-state index in [1.165, 1.54) is 6.07 Å². The van der Waals surface area contributed by atoms with Crippen LogP contribution < -0.4 is 5.32 Å². The van der Waals surface area contributed by atoms with Gasteiger partial charge in [-0.05, 0) is 6.07 Å². The Morgan fingerprint density at radius 1 is 1.56 bits per heavy atom. The number of carbonyl (C=O) groups is 1. The Hall–Kier alpha value is -1.47. The van der Waals surface area contributed by atoms with Crippen molar-refractivity contribution in [3.8, 4) is 0 Å². The number of nitrogens with one attached hydrogen (secondary N) is 1. The summed E-state index contributed by atoms with van der Waals surface area (Å²) < 4.78 is 0.583. The van der Waals surface area contributed by atoms with Gasteiger partial charge in [-0.2, -0.15) is 0 Å². The van der Waals surface area contributed by atoms with Crippen molar-refractivity contribution >= 4 is 27.6 Å². The van der Waals surface area contributed by atoms with E-state index in [0.29, 0.717) is 10.0 Å². The molecule has 0 aliphatic heterocycles. The molecule has 0 saturated heterocycles. The monoisotopic (exact) mass is 288 g/mol. The lowest BCUT2D eigenvalue weighted by molar-refractivity contribution is -0.385. The fourth-order valence-electron chi connectivity index (χ4n) is 1.19. The van der Waals surface area contributed by atoms with Gasteiger partial charge in [-0.1, -0.05) is 22.0 Å². The summed E-state index contributed by atoms with van der Waals surface area (Å²) >= 11 is 3.19. The number of aliphatic carboxylic acids is 1. The first-order valence-electron chi connectivity index (χ1n) is 4.36. The number of hydrogen-bond donors (Lipinski definition) is 2. The lowest BCUT2D eigenvalue weighted by atomic mass is 10.2. The fraction of sp³-hybridized carbons (Fsp3) is 0.222. The highest BCUT2D eigenvalue weighted by atomic mass is 79.9. The van der Waals surface area contributed by atoms with E-state index < -0.39 is 10.9 Å². The van der Waals surface area contributed by atoms with Crippen molar-refractivity contribution in [1.29, 1.82) is 0 Å². The summed E-state index contributed by atoms with van der Waals surface area (Å²) in [7, 11) is 0. The average molecular weight is 289 g/mol. The maximum Gasteiger partial charge on any atom is 0.317 e. The second-order valence-corrected chi connectivity index (χ2v) is 3.85. The van der Waals surface area contributed by atoms with Crippen molar-refractivity contribution in [2.45, 2.75) is 6.54 Å². The van der Waals surface area contributed by atoms with Crippen LogP contribution >= 0.6 is 15.9 Å². The molecule has 0 bridgehead atoms. The molecular formula is C9H9BrN2O4. The van der Waals surface area contributed by atoms with Crippen LogP contribution in [0.25, 0.3) is 0 Å². The second-order valence-electron chi connectivity index (χ2n) is 2.99. The number of rotatable bonds is 5. The minimum absolute atomic E-state index is 0.0349. The van der Waals surface area contributed by atoms with Crippen LogP contribution in [0.2, 0.25) is 0 Å². The molecule has 0 aromatic heterocycles. The van der Waals surface area contributed by atoms with Gasteiger partial charge in [0.15, 0.2) is 0 Å². The summed E-state index contributed by atoms with van der Waals surface area (Å²) in [5, 5.41) is 21.7. The van der Waals surface area contributed by atoms with Gasteiger partial charge in [-0.15, -0.1) is 0 Å². The first-order valence-corrected chi connectivity index (χ1v) is 5.16. The van der Waals surface area contributed by atoms with Crippen LogP contribution in [0.3, 0.4) is 0 Å². The van der Waals surface area contributed by atoms with Crippen LogP contribution in [0.5, 0.6) is 0 Å². The Labute approximate surface area is 99.6 Å². The van der Waals surface area contributed by atoms with Gasteiger partial charge in [-0.3, -0.25) is 14.9 Å². The molecule has 0 fully saturated rings. The van der Waals surface area contributed by atoms with Gasteiger partial charge in [0.2, 0.25) is 0 Å². The molecule has 6 nitrogen and oxygen atoms in total. The minimum atomic E-state index is -1.00. The third-order valence-corrected chi connectivity index (χ3v) is 2.61. The quantitative estimate of drug-likeness (QED) is 0.633. The largest absolute Gasteiger partial charge is 0.480 e. The SMILES string of the molecule is O=C(O)CNCc1c(Br)cccc1[N+](=O)[O-]. The van der Waals surface area contributed by atoms with Gasteiger partial charge in [-0.25, -0.2) is 0 Å². The van der Waals surface area contributed by atoms with Gasteiger partial charge in [0.05, 0.1) is 17.0 Å². The Morgan fingerprint density at radius 3 is 2.81 bits per heavy atom. The van der Waals surface area contributed by atoms with E-state index in [-0.39, 0.29) is 18.8 Å². The topological polar surface area (TPSA) is 92.5 Å². The summed E-state index contributed by atoms with van der Waals surface area (Å²) in [5.74, 6) is -1.00. The molecule has 0 aliphatic carbocycles. The third-order valence-electron chi connectivity index (χ3n) is 1.87. The zero-order chi connectivity index (χ0) is 12.1. The van der Waals surface area contributed by atoms with Crippen molar-refractivity contribution in [2.24, 2.45) is 0 Å². The number of hydrogen-bond acceptors (Lipinski definition) is 4. The highest BCUT2D eigenvalue weighted by Crippen LogP contribution is 2.26. The highest BCUT2D eigenvalue weighted by molar-refractivity contribution is 9.10. The second kappa shape index (κ2) is 5.57. The van der Waals surface area contributed by atoms with Crippen molar-refractivity contribution < 1.29 is 14.8 Å². The van der Waals surface area contributed by atoms with Gasteiger partial charge >= 0.3 is 5.97 Å². The molecule has 0 atom stereocenters. The average Bonchev–Trinajstić information content (AvgIpc) is 2.19. The third kappa shape index (κ3) is 3.28. The molecule has 1 rings (SSSR count). The van der Waals surface area contributed by atoms with Crippen LogP contribution in [0.1, 0.15) is 5.56 Å². The normalized spacial score (nSPS) is 10.1. The maximum atomic E-state index is 10.7. The number of nitro groups is 1. The first kappa shape index (κ1) is 12.6. The summed E-state index contributed by atoms with van der Waals surface area (Å²) in [5.41, 5.74) is 0.404. The molecule has 1 aromatic carbocycles. The van der Waals surface area contributed by atoms with E-state index in [9.17, 15) is 14.9 Å². The number of halogens is 1. The summed E-state index contributed by atoms with van der Waals surface area (Å²) in [6.07, 6.45) is 0. The Bertz CT molecular complexity index is 422. The van der Waals surface area contributed by atoms with E-state index in [4.69, 9.17) is 5.11 Å². The molecule has 0 heterocycles. The van der Waals surface area contributed by atoms with Crippen LogP contribution in [0.4, 0.5) is 5.69 Å². The molecule has 7 heteroatoms. The van der Waals surface area contributed by atoms with Crippen molar-refractivity contribution in [2.75, 3.05) is 6.54 Å². The molecule has 1 aromatic rings. The smallest absolute Gasteiger partial charge is 0.317 e. The standard InChI is InChI=1S/C9H9BrN2O4/c10-7-2-1-3-8(12(15)16)6(7)4-11-5-9(13)14/h1-3,11H,4-5H2,(H,13,14). The predicted molar refractivity (Wildman–Crippen MR) is 60.1 cm³/mol. The number of nitrogens with zero attached hydrogens (tertiary/aromatic N) is 1. The van der Waals surface area contributed by atoms with Gasteiger partial charge in [0.25, 0.3) is 5.69 Å². The molecule has 0 saturated carbocycles. The number of carboxylic acids is 1. The first-order chi connectivity index (χ1) is 7.52. The van der Waals surface area contributed by atoms with E-state index >= 15 is 0 Å². The molecule has 0 unspecified atom stereocenters. The van der Waals surface area contributed by atoms with Crippen LogP contribution in [0.15, 0.2) is 22.7 Å². The van der Waals surface area contributed by atoms with Crippen molar-refractivity contribution in [3.63, 3.8) is 0 Å². The number of benzene rings is 1. The molecule has 0 amide bonds. The van der Waals surface area contributed by atoms with Gasteiger partial charge in [0, 0.05) is 17.1 Å². The molecule has 0 aliphatic rings. The molecular weight excluding hydrogens is 280 g/mol. The summed E-state index contributed by atoms with van der Waals surface area (Å²) in [6.45, 7) is -0.109. The van der Waals surface area contributed by atoms with E-state index in [2.05, 4.69) is 21.2 Å². The maximum absolute atomic E-state index is 10.7. The van der Waals surface area contributed by atoms with Crippen LogP contribution in [-0.4, -0.2) is 22.5 Å². The summed E-state index contributed by atoms with van der Waals surface area (Å²) in [6, 6.07) is 4.61. The Kier molecular flexibility index (Phi) is 4.39. The van der Waals surface area contributed by atoms with Gasteiger partial charge < -0.3 is 10.4 Å². The fourth-order valence-corrected chi connectivity index (χ4v) is 1.68. The Morgan fingerprint density at radius 2 is 2.25 bits per heavy atom. The van der Waals surface area contributed by atoms with Crippen LogP contribution in [0, 0.1) is 10.1 Å². The molecule has 86 valence electrons. The van der Waals surface area contributed by atoms with Crippen molar-refractivity contribution in [1.82, 2.24) is 5.32 Å². The Balaban J connectivity index is 2.84. The zero-order valence-corrected chi connectivity index (χ0v) is 9.73. The van der Waals surface area contributed by atoms with Crippen LogP contribution in [-0.2, 0) is 11.3 Å². The molecule has 0 spiro atoms. The lowest BCUT2D eigenvalue weighted by Crippen LogP contribution is -2.22. The summed E-state index contributed by atoms with van der Waals surface area (Å²) in [4.78, 5) is 20.5. The van der Waals surface area contributed by atoms with Gasteiger partial charge in [0.1, 0.15) is 0 Å². The molecule has 16 heavy (non-hydrogen) atoms. The highest BCUT2D eigenvalue weighted by Gasteiger charge is 2.15. The molecule has 2 N–H and O–H groups in total. The molecule has 0 radical (unpaired) electrons. The predicted octanol–water partition coefficient (Wildman–Crippen LogP) is 1.53. The van der Waals surface area contributed by atoms with E-state index in [1.807, 2.05) is 0 Å². The zero-order valence-electron chi connectivity index (χ0n) is 8.14. The van der Waals surface area contributed by atoms with E-state index in [0.717, 1.165) is 0 Å². The number of nitro benzene ring substituents is 1. The lowest BCUT2D eigenvalue weighted by Gasteiger charge is -2.05. The van der Waals surface area contributed by atoms with E-state index in [1.54, 1.807) is 12.1 Å². The number of carboxylic acid groups (broad SMARTS) is 1. The van der Waals surface area contributed by atoms with Crippen molar-refractivity contribution in [3.05, 3.63) is 38.3 Å². The minimum Gasteiger partial charge on any atom is -0.480 e.